The molecule has 1 atom stereocenters. The van der Waals surface area contributed by atoms with Gasteiger partial charge in [-0.3, -0.25) is 0 Å². The van der Waals surface area contributed by atoms with E-state index in [1.165, 1.54) is 0 Å². The van der Waals surface area contributed by atoms with Crippen LogP contribution in [-0.2, 0) is 6.18 Å². The Labute approximate surface area is 170 Å². The molecule has 4 heterocycles. The summed E-state index contributed by atoms with van der Waals surface area (Å²) < 4.78 is 40.4. The van der Waals surface area contributed by atoms with Gasteiger partial charge in [-0.25, -0.2) is 4.98 Å². The topological polar surface area (TPSA) is 38.7 Å². The van der Waals surface area contributed by atoms with Gasteiger partial charge < -0.3 is 19.6 Å². The Bertz CT molecular complexity index is 683. The number of hydrogen-bond acceptors (Lipinski definition) is 6. The van der Waals surface area contributed by atoms with Gasteiger partial charge in [-0.15, -0.1) is 0 Å². The molecule has 0 spiro atoms. The molecule has 3 aliphatic rings. The lowest BCUT2D eigenvalue weighted by molar-refractivity contribution is -0.141. The highest BCUT2D eigenvalue weighted by Crippen LogP contribution is 2.33. The van der Waals surface area contributed by atoms with Crippen molar-refractivity contribution in [2.24, 2.45) is 5.92 Å². The zero-order chi connectivity index (χ0) is 20.4. The lowest BCUT2D eigenvalue weighted by Crippen LogP contribution is -2.48. The normalized spacial score (nSPS) is 25.0. The van der Waals surface area contributed by atoms with Crippen LogP contribution in [0.15, 0.2) is 6.07 Å². The SMILES string of the molecule is CN1CCN(C[C@H]2CCCN(c3cc(C(F)(F)F)nc(N4CCCC4)n3)C2)CC1. The number of piperidine rings is 1. The molecule has 0 saturated carbocycles. The lowest BCUT2D eigenvalue weighted by atomic mass is 9.97. The minimum atomic E-state index is -4.46. The summed E-state index contributed by atoms with van der Waals surface area (Å²) >= 11 is 0. The second-order valence-electron chi connectivity index (χ2n) is 8.66. The Kier molecular flexibility index (Phi) is 6.15. The van der Waals surface area contributed by atoms with Crippen LogP contribution >= 0.6 is 0 Å². The molecule has 9 heteroatoms. The van der Waals surface area contributed by atoms with E-state index in [-0.39, 0.29) is 5.95 Å². The summed E-state index contributed by atoms with van der Waals surface area (Å²) in [6.45, 7) is 8.29. The molecular formula is C20H31F3N6. The van der Waals surface area contributed by atoms with Crippen molar-refractivity contribution in [1.29, 1.82) is 0 Å². The van der Waals surface area contributed by atoms with Gasteiger partial charge in [0.1, 0.15) is 5.82 Å². The fourth-order valence-corrected chi connectivity index (χ4v) is 4.61. The summed E-state index contributed by atoms with van der Waals surface area (Å²) in [7, 11) is 2.14. The predicted molar refractivity (Wildman–Crippen MR) is 107 cm³/mol. The van der Waals surface area contributed by atoms with Crippen LogP contribution in [0, 0.1) is 5.92 Å². The van der Waals surface area contributed by atoms with Gasteiger partial charge in [0.05, 0.1) is 0 Å². The van der Waals surface area contributed by atoms with E-state index < -0.39 is 11.9 Å². The highest BCUT2D eigenvalue weighted by atomic mass is 19.4. The maximum absolute atomic E-state index is 13.5. The molecule has 0 N–H and O–H groups in total. The molecule has 0 unspecified atom stereocenters. The summed E-state index contributed by atoms with van der Waals surface area (Å²) in [5.74, 6) is 1.12. The second kappa shape index (κ2) is 8.63. The van der Waals surface area contributed by atoms with Crippen molar-refractivity contribution in [3.8, 4) is 0 Å². The molecule has 1 aromatic rings. The van der Waals surface area contributed by atoms with Crippen LogP contribution in [0.5, 0.6) is 0 Å². The van der Waals surface area contributed by atoms with Crippen molar-refractivity contribution in [2.75, 3.05) is 75.8 Å². The van der Waals surface area contributed by atoms with Gasteiger partial charge in [0, 0.05) is 65.0 Å². The molecule has 4 rings (SSSR count). The first-order valence-electron chi connectivity index (χ1n) is 10.8. The standard InChI is InChI=1S/C20H31F3N6/c1-26-9-11-27(12-10-26)14-16-5-4-8-29(15-16)18-13-17(20(21,22)23)24-19(25-18)28-6-2-3-7-28/h13,16H,2-12,14-15H2,1H3/t16-/m1/s1. The monoisotopic (exact) mass is 412 g/mol. The number of nitrogens with zero attached hydrogens (tertiary/aromatic N) is 6. The summed E-state index contributed by atoms with van der Waals surface area (Å²) in [4.78, 5) is 17.2. The van der Waals surface area contributed by atoms with Crippen molar-refractivity contribution in [1.82, 2.24) is 19.8 Å². The van der Waals surface area contributed by atoms with Crippen molar-refractivity contribution in [3.05, 3.63) is 11.8 Å². The van der Waals surface area contributed by atoms with Crippen molar-refractivity contribution < 1.29 is 13.2 Å². The third-order valence-corrected chi connectivity index (χ3v) is 6.34. The van der Waals surface area contributed by atoms with E-state index in [9.17, 15) is 13.2 Å². The average molecular weight is 413 g/mol. The van der Waals surface area contributed by atoms with E-state index in [1.54, 1.807) is 0 Å². The summed E-state index contributed by atoms with van der Waals surface area (Å²) in [5, 5.41) is 0. The number of anilines is 2. The first-order valence-corrected chi connectivity index (χ1v) is 10.8. The Balaban J connectivity index is 1.49. The number of likely N-dealkylation sites (N-methyl/N-ethyl adjacent to an activating group) is 1. The molecule has 3 saturated heterocycles. The molecule has 0 aromatic carbocycles. The van der Waals surface area contributed by atoms with Gasteiger partial charge in [-0.2, -0.15) is 18.2 Å². The Morgan fingerprint density at radius 2 is 1.62 bits per heavy atom. The molecule has 0 amide bonds. The van der Waals surface area contributed by atoms with Crippen LogP contribution < -0.4 is 9.80 Å². The van der Waals surface area contributed by atoms with Crippen molar-refractivity contribution in [3.63, 3.8) is 0 Å². The van der Waals surface area contributed by atoms with Crippen LogP contribution in [0.1, 0.15) is 31.4 Å². The van der Waals surface area contributed by atoms with E-state index in [2.05, 4.69) is 26.8 Å². The zero-order valence-corrected chi connectivity index (χ0v) is 17.2. The zero-order valence-electron chi connectivity index (χ0n) is 17.2. The maximum Gasteiger partial charge on any atom is 0.433 e. The molecule has 3 aliphatic heterocycles. The van der Waals surface area contributed by atoms with Crippen LogP contribution in [0.3, 0.4) is 0 Å². The molecule has 0 radical (unpaired) electrons. The highest BCUT2D eigenvalue weighted by Gasteiger charge is 2.35. The summed E-state index contributed by atoms with van der Waals surface area (Å²) in [6.07, 6.45) is -0.388. The van der Waals surface area contributed by atoms with E-state index in [0.717, 1.165) is 90.7 Å². The van der Waals surface area contributed by atoms with Crippen LogP contribution in [0.4, 0.5) is 24.9 Å². The van der Waals surface area contributed by atoms with Gasteiger partial charge >= 0.3 is 6.18 Å². The quantitative estimate of drug-likeness (QED) is 0.757. The van der Waals surface area contributed by atoms with Gasteiger partial charge in [0.2, 0.25) is 5.95 Å². The van der Waals surface area contributed by atoms with E-state index >= 15 is 0 Å². The summed E-state index contributed by atoms with van der Waals surface area (Å²) in [5.41, 5.74) is -0.828. The predicted octanol–water partition coefficient (Wildman–Crippen LogP) is 2.56. The smallest absolute Gasteiger partial charge is 0.356 e. The van der Waals surface area contributed by atoms with Crippen LogP contribution in [-0.4, -0.2) is 85.7 Å². The molecule has 162 valence electrons. The third kappa shape index (κ3) is 5.12. The van der Waals surface area contributed by atoms with Gasteiger partial charge in [-0.05, 0) is 38.6 Å². The number of rotatable bonds is 4. The van der Waals surface area contributed by atoms with Gasteiger partial charge in [0.15, 0.2) is 5.69 Å². The van der Waals surface area contributed by atoms with E-state index in [1.807, 2.05) is 9.80 Å². The minimum Gasteiger partial charge on any atom is -0.356 e. The number of hydrogen-bond donors (Lipinski definition) is 0. The summed E-state index contributed by atoms with van der Waals surface area (Å²) in [6, 6.07) is 1.14. The molecule has 1 aromatic heterocycles. The fourth-order valence-electron chi connectivity index (χ4n) is 4.61. The third-order valence-electron chi connectivity index (χ3n) is 6.34. The Hall–Kier alpha value is -1.61. The largest absolute Gasteiger partial charge is 0.433 e. The fraction of sp³-hybridized carbons (Fsp3) is 0.800. The van der Waals surface area contributed by atoms with Gasteiger partial charge in [0.25, 0.3) is 0 Å². The number of aromatic nitrogens is 2. The highest BCUT2D eigenvalue weighted by molar-refractivity contribution is 5.47. The van der Waals surface area contributed by atoms with Crippen LogP contribution in [0.2, 0.25) is 0 Å². The van der Waals surface area contributed by atoms with Crippen LogP contribution in [0.25, 0.3) is 0 Å². The molecule has 29 heavy (non-hydrogen) atoms. The Morgan fingerprint density at radius 1 is 0.931 bits per heavy atom. The van der Waals surface area contributed by atoms with Gasteiger partial charge in [-0.1, -0.05) is 0 Å². The molecular weight excluding hydrogens is 381 g/mol. The first-order chi connectivity index (χ1) is 13.9. The maximum atomic E-state index is 13.5. The Morgan fingerprint density at radius 3 is 2.31 bits per heavy atom. The number of alkyl halides is 3. The van der Waals surface area contributed by atoms with Crippen molar-refractivity contribution >= 4 is 11.8 Å². The molecule has 3 fully saturated rings. The number of halogens is 3. The molecule has 6 nitrogen and oxygen atoms in total. The first kappa shape index (κ1) is 20.7. The van der Waals surface area contributed by atoms with Crippen molar-refractivity contribution in [2.45, 2.75) is 31.9 Å². The minimum absolute atomic E-state index is 0.230. The molecule has 0 aliphatic carbocycles. The van der Waals surface area contributed by atoms with E-state index in [0.29, 0.717) is 11.7 Å². The van der Waals surface area contributed by atoms with E-state index in [4.69, 9.17) is 0 Å². The average Bonchev–Trinajstić information content (AvgIpc) is 3.24. The second-order valence-corrected chi connectivity index (χ2v) is 8.66. The number of piperazine rings is 1. The lowest BCUT2D eigenvalue weighted by Gasteiger charge is -2.39. The molecule has 0 bridgehead atoms.